The van der Waals surface area contributed by atoms with Crippen LogP contribution in [0.3, 0.4) is 0 Å². The van der Waals surface area contributed by atoms with Crippen molar-refractivity contribution in [1.82, 2.24) is 0 Å². The van der Waals surface area contributed by atoms with Crippen molar-refractivity contribution < 1.29 is 13.9 Å². The first-order valence-corrected chi connectivity index (χ1v) is 10.0. The molecule has 30 heavy (non-hydrogen) atoms. The summed E-state index contributed by atoms with van der Waals surface area (Å²) in [6, 6.07) is 28.4. The second-order valence-electron chi connectivity index (χ2n) is 7.64. The first kappa shape index (κ1) is 17.0. The molecule has 0 bridgehead atoms. The Labute approximate surface area is 173 Å². The molecule has 3 nitrogen and oxygen atoms in total. The Kier molecular flexibility index (Phi) is 3.75. The van der Waals surface area contributed by atoms with Gasteiger partial charge in [-0.05, 0) is 28.0 Å². The van der Waals surface area contributed by atoms with E-state index in [4.69, 9.17) is 9.15 Å². The number of furan rings is 1. The highest BCUT2D eigenvalue weighted by molar-refractivity contribution is 6.08. The minimum atomic E-state index is -0.375. The molecule has 0 amide bonds. The van der Waals surface area contributed by atoms with Gasteiger partial charge in [-0.25, -0.2) is 0 Å². The first-order valence-electron chi connectivity index (χ1n) is 10.0. The van der Waals surface area contributed by atoms with E-state index in [0.717, 1.165) is 49.6 Å². The topological polar surface area (TPSA) is 39.4 Å². The fraction of sp³-hybridized carbons (Fsp3) is 0.0741. The maximum Gasteiger partial charge on any atom is 0.311 e. The van der Waals surface area contributed by atoms with Gasteiger partial charge in [0.15, 0.2) is 6.10 Å². The van der Waals surface area contributed by atoms with Gasteiger partial charge in [-0.2, -0.15) is 0 Å². The third-order valence-electron chi connectivity index (χ3n) is 5.90. The molecule has 0 unspecified atom stereocenters. The molecule has 0 saturated heterocycles. The maximum absolute atomic E-state index is 13.0. The number of benzene rings is 4. The number of carbonyl (C=O) groups is 1. The van der Waals surface area contributed by atoms with Crippen LogP contribution in [-0.4, -0.2) is 5.97 Å². The second-order valence-corrected chi connectivity index (χ2v) is 7.64. The van der Waals surface area contributed by atoms with E-state index in [9.17, 15) is 4.79 Å². The molecule has 0 aliphatic heterocycles. The van der Waals surface area contributed by atoms with Crippen molar-refractivity contribution in [3.05, 3.63) is 108 Å². The Balaban J connectivity index is 1.35. The molecule has 1 aliphatic rings. The van der Waals surface area contributed by atoms with Crippen LogP contribution in [0, 0.1) is 0 Å². The van der Waals surface area contributed by atoms with Crippen molar-refractivity contribution in [3.63, 3.8) is 0 Å². The largest absolute Gasteiger partial charge is 0.464 e. The minimum Gasteiger partial charge on any atom is -0.464 e. The molecule has 3 heteroatoms. The summed E-state index contributed by atoms with van der Waals surface area (Å²) in [6.45, 7) is 0. The molecule has 6 rings (SSSR count). The lowest BCUT2D eigenvalue weighted by molar-refractivity contribution is -0.146. The smallest absolute Gasteiger partial charge is 0.311 e. The summed E-state index contributed by atoms with van der Waals surface area (Å²) in [4.78, 5) is 13.0. The summed E-state index contributed by atoms with van der Waals surface area (Å²) < 4.78 is 11.8. The molecular formula is C27H18O3. The monoisotopic (exact) mass is 390 g/mol. The van der Waals surface area contributed by atoms with E-state index in [0.29, 0.717) is 0 Å². The van der Waals surface area contributed by atoms with Crippen molar-refractivity contribution in [2.75, 3.05) is 0 Å². The first-order chi connectivity index (χ1) is 14.8. The van der Waals surface area contributed by atoms with E-state index < -0.39 is 0 Å². The lowest BCUT2D eigenvalue weighted by atomic mass is 10.0. The number of rotatable bonds is 3. The average Bonchev–Trinajstić information content (AvgIpc) is 3.34. The molecule has 1 aliphatic carbocycles. The Morgan fingerprint density at radius 1 is 0.800 bits per heavy atom. The van der Waals surface area contributed by atoms with Crippen molar-refractivity contribution in [3.8, 4) is 11.1 Å². The maximum atomic E-state index is 13.0. The number of hydrogen-bond acceptors (Lipinski definition) is 3. The highest BCUT2D eigenvalue weighted by atomic mass is 16.5. The van der Waals surface area contributed by atoms with Crippen LogP contribution in [0.5, 0.6) is 0 Å². The summed E-state index contributed by atoms with van der Waals surface area (Å²) in [6.07, 6.45) is 1.47. The van der Waals surface area contributed by atoms with Gasteiger partial charge in [0.1, 0.15) is 5.58 Å². The van der Waals surface area contributed by atoms with Gasteiger partial charge < -0.3 is 9.15 Å². The molecule has 0 fully saturated rings. The summed E-state index contributed by atoms with van der Waals surface area (Å²) in [5, 5.41) is 3.19. The van der Waals surface area contributed by atoms with E-state index in [1.54, 1.807) is 6.26 Å². The normalized spacial score (nSPS) is 12.8. The molecule has 1 heterocycles. The van der Waals surface area contributed by atoms with E-state index in [1.165, 1.54) is 0 Å². The van der Waals surface area contributed by atoms with Gasteiger partial charge in [0, 0.05) is 22.1 Å². The molecular weight excluding hydrogens is 372 g/mol. The number of hydrogen-bond donors (Lipinski definition) is 0. The highest BCUT2D eigenvalue weighted by Crippen LogP contribution is 2.45. The van der Waals surface area contributed by atoms with E-state index in [-0.39, 0.29) is 18.5 Å². The molecule has 0 spiro atoms. The van der Waals surface area contributed by atoms with Gasteiger partial charge in [-0.15, -0.1) is 0 Å². The van der Waals surface area contributed by atoms with Gasteiger partial charge >= 0.3 is 5.97 Å². The second kappa shape index (κ2) is 6.60. The minimum absolute atomic E-state index is 0.168. The van der Waals surface area contributed by atoms with Crippen LogP contribution < -0.4 is 0 Å². The van der Waals surface area contributed by atoms with Crippen LogP contribution in [-0.2, 0) is 16.0 Å². The third kappa shape index (κ3) is 2.56. The van der Waals surface area contributed by atoms with Crippen LogP contribution in [0.2, 0.25) is 0 Å². The molecule has 0 saturated carbocycles. The number of carbonyl (C=O) groups excluding carboxylic acids is 1. The Hall–Kier alpha value is -3.85. The highest BCUT2D eigenvalue weighted by Gasteiger charge is 2.31. The van der Waals surface area contributed by atoms with Crippen LogP contribution >= 0.6 is 0 Å². The van der Waals surface area contributed by atoms with Crippen molar-refractivity contribution >= 4 is 27.7 Å². The SMILES string of the molecule is O=C(Cc1coc2ccc3ccccc3c12)OC1c2ccccc2-c2ccccc21. The summed E-state index contributed by atoms with van der Waals surface area (Å²) in [5.41, 5.74) is 5.97. The zero-order valence-electron chi connectivity index (χ0n) is 16.2. The summed E-state index contributed by atoms with van der Waals surface area (Å²) >= 11 is 0. The fourth-order valence-corrected chi connectivity index (χ4v) is 4.57. The molecule has 144 valence electrons. The van der Waals surface area contributed by atoms with Gasteiger partial charge in [0.2, 0.25) is 0 Å². The van der Waals surface area contributed by atoms with E-state index in [1.807, 2.05) is 60.7 Å². The predicted octanol–water partition coefficient (Wildman–Crippen LogP) is 6.44. The zero-order valence-corrected chi connectivity index (χ0v) is 16.2. The Morgan fingerprint density at radius 3 is 2.23 bits per heavy atom. The number of fused-ring (bicyclic) bond motifs is 6. The summed E-state index contributed by atoms with van der Waals surface area (Å²) in [5.74, 6) is -0.262. The summed E-state index contributed by atoms with van der Waals surface area (Å²) in [7, 11) is 0. The van der Waals surface area contributed by atoms with Crippen LogP contribution in [0.1, 0.15) is 22.8 Å². The number of esters is 1. The molecule has 5 aromatic rings. The zero-order chi connectivity index (χ0) is 20.1. The number of ether oxygens (including phenoxy) is 1. The Bertz CT molecular complexity index is 1380. The van der Waals surface area contributed by atoms with Crippen LogP contribution in [0.4, 0.5) is 0 Å². The van der Waals surface area contributed by atoms with Gasteiger partial charge in [-0.1, -0.05) is 78.9 Å². The van der Waals surface area contributed by atoms with Gasteiger partial charge in [0.05, 0.1) is 12.7 Å². The quantitative estimate of drug-likeness (QED) is 0.333. The molecule has 1 aromatic heterocycles. The third-order valence-corrected chi connectivity index (χ3v) is 5.90. The molecule has 0 atom stereocenters. The van der Waals surface area contributed by atoms with Crippen molar-refractivity contribution in [2.45, 2.75) is 12.5 Å². The molecule has 4 aromatic carbocycles. The van der Waals surface area contributed by atoms with Gasteiger partial charge in [0.25, 0.3) is 0 Å². The van der Waals surface area contributed by atoms with E-state index in [2.05, 4.69) is 24.3 Å². The molecule has 0 radical (unpaired) electrons. The lowest BCUT2D eigenvalue weighted by Gasteiger charge is -2.15. The van der Waals surface area contributed by atoms with Crippen molar-refractivity contribution in [2.24, 2.45) is 0 Å². The van der Waals surface area contributed by atoms with E-state index >= 15 is 0 Å². The lowest BCUT2D eigenvalue weighted by Crippen LogP contribution is -2.12. The fourth-order valence-electron chi connectivity index (χ4n) is 4.57. The standard InChI is InChI=1S/C27H18O3/c28-25(15-18-16-29-24-14-13-17-7-1-2-8-19(17)26(18)24)30-27-22-11-5-3-9-20(22)21-10-4-6-12-23(21)27/h1-14,16,27H,15H2. The van der Waals surface area contributed by atoms with Crippen LogP contribution in [0.15, 0.2) is 95.6 Å². The Morgan fingerprint density at radius 2 is 1.47 bits per heavy atom. The van der Waals surface area contributed by atoms with Crippen LogP contribution in [0.25, 0.3) is 32.9 Å². The molecule has 0 N–H and O–H groups in total. The average molecular weight is 390 g/mol. The predicted molar refractivity (Wildman–Crippen MR) is 117 cm³/mol. The van der Waals surface area contributed by atoms with Gasteiger partial charge in [-0.3, -0.25) is 4.79 Å². The van der Waals surface area contributed by atoms with Crippen molar-refractivity contribution in [1.29, 1.82) is 0 Å².